The van der Waals surface area contributed by atoms with Crippen molar-refractivity contribution in [1.82, 2.24) is 10.2 Å². The lowest BCUT2D eigenvalue weighted by atomic mass is 9.97. The summed E-state index contributed by atoms with van der Waals surface area (Å²) in [4.78, 5) is 2.35. The van der Waals surface area contributed by atoms with E-state index in [-0.39, 0.29) is 24.2 Å². The number of benzene rings is 1. The molecule has 0 bridgehead atoms. The summed E-state index contributed by atoms with van der Waals surface area (Å²) < 4.78 is 13.7. The zero-order chi connectivity index (χ0) is 15.1. The van der Waals surface area contributed by atoms with Gasteiger partial charge in [-0.05, 0) is 25.3 Å². The summed E-state index contributed by atoms with van der Waals surface area (Å²) in [7, 11) is 0. The predicted octanol–water partition coefficient (Wildman–Crippen LogP) is 3.65. The second-order valence-electron chi connectivity index (χ2n) is 5.55. The molecule has 1 aliphatic heterocycles. The highest BCUT2D eigenvalue weighted by Gasteiger charge is 2.25. The molecular formula is C17H26ClFN2O. The lowest BCUT2D eigenvalue weighted by Gasteiger charge is -2.35. The van der Waals surface area contributed by atoms with E-state index in [4.69, 9.17) is 0 Å². The van der Waals surface area contributed by atoms with Crippen LogP contribution in [0, 0.1) is 5.82 Å². The first-order valence-electron chi connectivity index (χ1n) is 7.77. The van der Waals surface area contributed by atoms with Gasteiger partial charge < -0.3 is 10.4 Å². The van der Waals surface area contributed by atoms with Gasteiger partial charge in [0.1, 0.15) is 0 Å². The number of aromatic hydroxyl groups is 1. The van der Waals surface area contributed by atoms with Gasteiger partial charge in [-0.3, -0.25) is 4.90 Å². The molecule has 5 heteroatoms. The first-order chi connectivity index (χ1) is 10.2. The number of para-hydroxylation sites is 1. The number of hydrogen-bond acceptors (Lipinski definition) is 3. The van der Waals surface area contributed by atoms with Crippen molar-refractivity contribution in [2.75, 3.05) is 26.2 Å². The minimum absolute atomic E-state index is 0. The summed E-state index contributed by atoms with van der Waals surface area (Å²) in [6.45, 7) is 7.50. The molecule has 1 aromatic carbocycles. The minimum Gasteiger partial charge on any atom is -0.505 e. The first kappa shape index (κ1) is 18.9. The maximum absolute atomic E-state index is 13.7. The highest BCUT2D eigenvalue weighted by molar-refractivity contribution is 5.85. The molecule has 0 spiro atoms. The molecule has 1 atom stereocenters. The van der Waals surface area contributed by atoms with Gasteiger partial charge in [-0.1, -0.05) is 24.6 Å². The van der Waals surface area contributed by atoms with E-state index in [9.17, 15) is 9.50 Å². The lowest BCUT2D eigenvalue weighted by Crippen LogP contribution is -2.45. The number of nitrogens with one attached hydrogen (secondary N) is 1. The van der Waals surface area contributed by atoms with Crippen molar-refractivity contribution in [2.24, 2.45) is 0 Å². The number of rotatable bonds is 7. The number of hydrogen-bond donors (Lipinski definition) is 2. The Hall–Kier alpha value is -1.10. The van der Waals surface area contributed by atoms with Crippen LogP contribution in [0.5, 0.6) is 5.75 Å². The summed E-state index contributed by atoms with van der Waals surface area (Å²) >= 11 is 0. The molecule has 0 aromatic heterocycles. The van der Waals surface area contributed by atoms with Crippen molar-refractivity contribution in [3.05, 3.63) is 42.2 Å². The number of phenolic OH excluding ortho intramolecular Hbond substituents is 1. The molecule has 124 valence electrons. The molecule has 2 N–H and O–H groups in total. The van der Waals surface area contributed by atoms with Gasteiger partial charge in [0.15, 0.2) is 11.6 Å². The standard InChI is InChI=1S/C17H25FN2O.ClH/c1-2-3-4-5-9-16(20-12-10-19-11-13-20)14-7-6-8-15(18)17(14)21;/h2,6-8,16,19,21H,1,3-5,9-13H2;1H/t16-;/m1./s1. The molecule has 0 aliphatic carbocycles. The van der Waals surface area contributed by atoms with E-state index >= 15 is 0 Å². The summed E-state index contributed by atoms with van der Waals surface area (Å²) in [5.41, 5.74) is 0.718. The van der Waals surface area contributed by atoms with Gasteiger partial charge in [-0.25, -0.2) is 4.39 Å². The zero-order valence-electron chi connectivity index (χ0n) is 12.9. The van der Waals surface area contributed by atoms with Crippen molar-refractivity contribution >= 4 is 12.4 Å². The molecule has 1 saturated heterocycles. The van der Waals surface area contributed by atoms with Crippen LogP contribution in [0.15, 0.2) is 30.9 Å². The molecule has 1 aliphatic rings. The lowest BCUT2D eigenvalue weighted by molar-refractivity contribution is 0.159. The average molecular weight is 329 g/mol. The van der Waals surface area contributed by atoms with Gasteiger partial charge in [0.25, 0.3) is 0 Å². The Balaban J connectivity index is 0.00000242. The van der Waals surface area contributed by atoms with Crippen LogP contribution in [0.2, 0.25) is 0 Å². The van der Waals surface area contributed by atoms with Crippen molar-refractivity contribution in [3.8, 4) is 5.75 Å². The van der Waals surface area contributed by atoms with E-state index in [1.54, 1.807) is 6.07 Å². The van der Waals surface area contributed by atoms with E-state index in [1.807, 2.05) is 12.1 Å². The zero-order valence-corrected chi connectivity index (χ0v) is 13.7. The van der Waals surface area contributed by atoms with E-state index in [0.717, 1.165) is 57.4 Å². The molecule has 1 fully saturated rings. The highest BCUT2D eigenvalue weighted by Crippen LogP contribution is 2.34. The minimum atomic E-state index is -0.529. The predicted molar refractivity (Wildman–Crippen MR) is 91.2 cm³/mol. The van der Waals surface area contributed by atoms with Crippen LogP contribution in [0.25, 0.3) is 0 Å². The van der Waals surface area contributed by atoms with Gasteiger partial charge in [-0.15, -0.1) is 19.0 Å². The summed E-state index contributed by atoms with van der Waals surface area (Å²) in [6, 6.07) is 4.93. The Kier molecular flexibility index (Phi) is 8.46. The molecule has 22 heavy (non-hydrogen) atoms. The maximum Gasteiger partial charge on any atom is 0.165 e. The van der Waals surface area contributed by atoms with Crippen LogP contribution < -0.4 is 5.32 Å². The van der Waals surface area contributed by atoms with Crippen LogP contribution in [0.4, 0.5) is 4.39 Å². The fraction of sp³-hybridized carbons (Fsp3) is 0.529. The number of phenols is 1. The van der Waals surface area contributed by atoms with E-state index in [0.29, 0.717) is 0 Å². The fourth-order valence-corrected chi connectivity index (χ4v) is 2.96. The third kappa shape index (κ3) is 4.97. The van der Waals surface area contributed by atoms with E-state index in [1.165, 1.54) is 6.07 Å². The van der Waals surface area contributed by atoms with Gasteiger partial charge >= 0.3 is 0 Å². The number of nitrogens with zero attached hydrogens (tertiary/aromatic N) is 1. The van der Waals surface area contributed by atoms with Crippen LogP contribution in [-0.2, 0) is 0 Å². The summed E-state index contributed by atoms with van der Waals surface area (Å²) in [6.07, 6.45) is 6.01. The molecule has 2 rings (SSSR count). The van der Waals surface area contributed by atoms with E-state index in [2.05, 4.69) is 16.8 Å². The van der Waals surface area contributed by atoms with Crippen molar-refractivity contribution < 1.29 is 9.50 Å². The molecule has 0 unspecified atom stereocenters. The van der Waals surface area contributed by atoms with Gasteiger partial charge in [-0.2, -0.15) is 0 Å². The van der Waals surface area contributed by atoms with Crippen molar-refractivity contribution in [3.63, 3.8) is 0 Å². The maximum atomic E-state index is 13.7. The second-order valence-corrected chi connectivity index (χ2v) is 5.55. The van der Waals surface area contributed by atoms with Gasteiger partial charge in [0.2, 0.25) is 0 Å². The summed E-state index contributed by atoms with van der Waals surface area (Å²) in [5, 5.41) is 13.4. The number of piperazine rings is 1. The van der Waals surface area contributed by atoms with E-state index < -0.39 is 5.82 Å². The average Bonchev–Trinajstić information content (AvgIpc) is 2.52. The molecular weight excluding hydrogens is 303 g/mol. The molecule has 0 saturated carbocycles. The Morgan fingerprint density at radius 1 is 1.32 bits per heavy atom. The third-order valence-electron chi connectivity index (χ3n) is 4.11. The second kappa shape index (κ2) is 9.82. The highest BCUT2D eigenvalue weighted by atomic mass is 35.5. The SMILES string of the molecule is C=CCCCC[C@H](c1cccc(F)c1O)N1CCNCC1.Cl. The van der Waals surface area contributed by atoms with Crippen LogP contribution in [0.3, 0.4) is 0 Å². The topological polar surface area (TPSA) is 35.5 Å². The molecule has 1 heterocycles. The van der Waals surface area contributed by atoms with Gasteiger partial charge in [0.05, 0.1) is 0 Å². The van der Waals surface area contributed by atoms with Crippen LogP contribution in [0.1, 0.15) is 37.3 Å². The number of allylic oxidation sites excluding steroid dienone is 1. The number of unbranched alkanes of at least 4 members (excludes halogenated alkanes) is 2. The monoisotopic (exact) mass is 328 g/mol. The fourth-order valence-electron chi connectivity index (χ4n) is 2.96. The largest absolute Gasteiger partial charge is 0.505 e. The quantitative estimate of drug-likeness (QED) is 0.592. The third-order valence-corrected chi connectivity index (χ3v) is 4.11. The molecule has 0 radical (unpaired) electrons. The molecule has 0 amide bonds. The normalized spacial score (nSPS) is 16.8. The Labute approximate surface area is 138 Å². The summed E-state index contributed by atoms with van der Waals surface area (Å²) in [5.74, 6) is -0.719. The Morgan fingerprint density at radius 3 is 2.73 bits per heavy atom. The molecule has 3 nitrogen and oxygen atoms in total. The Morgan fingerprint density at radius 2 is 2.05 bits per heavy atom. The van der Waals surface area contributed by atoms with Crippen molar-refractivity contribution in [1.29, 1.82) is 0 Å². The van der Waals surface area contributed by atoms with Crippen molar-refractivity contribution in [2.45, 2.75) is 31.7 Å². The van der Waals surface area contributed by atoms with Crippen LogP contribution in [-0.4, -0.2) is 36.2 Å². The van der Waals surface area contributed by atoms with Gasteiger partial charge in [0, 0.05) is 37.8 Å². The first-order valence-corrected chi connectivity index (χ1v) is 7.77. The molecule has 1 aromatic rings. The smallest absolute Gasteiger partial charge is 0.165 e. The Bertz CT molecular complexity index is 464. The van der Waals surface area contributed by atoms with Crippen LogP contribution >= 0.6 is 12.4 Å². The number of halogens is 2.